The molecule has 0 saturated carbocycles. The molecule has 1 aromatic rings. The lowest BCUT2D eigenvalue weighted by Gasteiger charge is -2.22. The van der Waals surface area contributed by atoms with Crippen LogP contribution in [-0.4, -0.2) is 41.7 Å². The van der Waals surface area contributed by atoms with Crippen LogP contribution < -0.4 is 5.32 Å². The number of carboxylic acids is 1. The van der Waals surface area contributed by atoms with Gasteiger partial charge in [-0.3, -0.25) is 0 Å². The number of carboxylic acid groups (broad SMARTS) is 1. The van der Waals surface area contributed by atoms with E-state index in [4.69, 9.17) is 5.11 Å². The molecular formula is C14H19FN2O2. The van der Waals surface area contributed by atoms with Crippen LogP contribution in [0.5, 0.6) is 0 Å². The molecule has 0 bridgehead atoms. The predicted octanol–water partition coefficient (Wildman–Crippen LogP) is 2.42. The number of aromatic carboxylic acids is 1. The summed E-state index contributed by atoms with van der Waals surface area (Å²) in [6.45, 7) is 5.21. The first-order chi connectivity index (χ1) is 9.06. The second-order valence-corrected chi connectivity index (χ2v) is 5.05. The molecule has 0 spiro atoms. The first kappa shape index (κ1) is 13.8. The molecule has 1 saturated heterocycles. The number of likely N-dealkylation sites (tertiary alicyclic amines) is 1. The third kappa shape index (κ3) is 3.67. The topological polar surface area (TPSA) is 52.6 Å². The lowest BCUT2D eigenvalue weighted by atomic mass is 10.2. The fraction of sp³-hybridized carbons (Fsp3) is 0.500. The third-order valence-electron chi connectivity index (χ3n) is 3.34. The number of hydrogen-bond donors (Lipinski definition) is 2. The minimum absolute atomic E-state index is 0.202. The molecule has 0 aromatic heterocycles. The highest BCUT2D eigenvalue weighted by molar-refractivity contribution is 5.88. The van der Waals surface area contributed by atoms with Crippen LogP contribution in [0.1, 0.15) is 30.1 Å². The van der Waals surface area contributed by atoms with E-state index in [-0.39, 0.29) is 11.6 Å². The van der Waals surface area contributed by atoms with Gasteiger partial charge in [0.05, 0.1) is 5.56 Å². The zero-order valence-corrected chi connectivity index (χ0v) is 11.0. The maximum Gasteiger partial charge on any atom is 0.338 e. The van der Waals surface area contributed by atoms with E-state index in [9.17, 15) is 9.18 Å². The first-order valence-electron chi connectivity index (χ1n) is 6.58. The Bertz CT molecular complexity index is 459. The summed E-state index contributed by atoms with van der Waals surface area (Å²) in [4.78, 5) is 13.1. The Morgan fingerprint density at radius 3 is 2.74 bits per heavy atom. The highest BCUT2D eigenvalue weighted by Gasteiger charge is 2.15. The fourth-order valence-corrected chi connectivity index (χ4v) is 2.46. The van der Waals surface area contributed by atoms with E-state index in [1.165, 1.54) is 25.0 Å². The van der Waals surface area contributed by atoms with Crippen molar-refractivity contribution >= 4 is 11.7 Å². The molecule has 104 valence electrons. The summed E-state index contributed by atoms with van der Waals surface area (Å²) < 4.78 is 13.5. The standard InChI is InChI=1S/C14H19FN2O2/c1-10(9-17-6-2-3-7-17)16-11-4-5-12(14(18)19)13(15)8-11/h4-5,8,10,16H,2-3,6-7,9H2,1H3,(H,18,19). The van der Waals surface area contributed by atoms with Crippen molar-refractivity contribution in [1.29, 1.82) is 0 Å². The van der Waals surface area contributed by atoms with Gasteiger partial charge in [0.25, 0.3) is 0 Å². The highest BCUT2D eigenvalue weighted by Crippen LogP contribution is 2.16. The molecule has 2 N–H and O–H groups in total. The summed E-state index contributed by atoms with van der Waals surface area (Å²) in [5, 5.41) is 12.0. The molecule has 1 atom stereocenters. The largest absolute Gasteiger partial charge is 0.478 e. The van der Waals surface area contributed by atoms with E-state index < -0.39 is 11.8 Å². The molecule has 19 heavy (non-hydrogen) atoms. The Morgan fingerprint density at radius 1 is 1.47 bits per heavy atom. The van der Waals surface area contributed by atoms with Crippen molar-refractivity contribution < 1.29 is 14.3 Å². The smallest absolute Gasteiger partial charge is 0.338 e. The second-order valence-electron chi connectivity index (χ2n) is 5.05. The number of nitrogens with zero attached hydrogens (tertiary/aromatic N) is 1. The maximum atomic E-state index is 13.5. The molecule has 2 rings (SSSR count). The summed E-state index contributed by atoms with van der Waals surface area (Å²) in [6.07, 6.45) is 2.49. The van der Waals surface area contributed by atoms with Crippen LogP contribution in [0.3, 0.4) is 0 Å². The van der Waals surface area contributed by atoms with Gasteiger partial charge in [-0.2, -0.15) is 0 Å². The SMILES string of the molecule is CC(CN1CCCC1)Nc1ccc(C(=O)O)c(F)c1. The Labute approximate surface area is 112 Å². The molecule has 1 heterocycles. The molecule has 4 nitrogen and oxygen atoms in total. The molecule has 0 amide bonds. The molecular weight excluding hydrogens is 247 g/mol. The molecule has 0 radical (unpaired) electrons. The lowest BCUT2D eigenvalue weighted by molar-refractivity contribution is 0.0692. The Morgan fingerprint density at radius 2 is 2.16 bits per heavy atom. The molecule has 1 aromatic carbocycles. The van der Waals surface area contributed by atoms with Crippen LogP contribution in [0, 0.1) is 5.82 Å². The van der Waals surface area contributed by atoms with Gasteiger partial charge in [-0.05, 0) is 51.1 Å². The van der Waals surface area contributed by atoms with Gasteiger partial charge in [0, 0.05) is 18.3 Å². The minimum atomic E-state index is -1.24. The second kappa shape index (κ2) is 6.02. The van der Waals surface area contributed by atoms with E-state index >= 15 is 0 Å². The van der Waals surface area contributed by atoms with Gasteiger partial charge in [0.2, 0.25) is 0 Å². The number of anilines is 1. The van der Waals surface area contributed by atoms with Gasteiger partial charge < -0.3 is 15.3 Å². The van der Waals surface area contributed by atoms with Gasteiger partial charge in [-0.25, -0.2) is 9.18 Å². The van der Waals surface area contributed by atoms with Crippen LogP contribution in [0.2, 0.25) is 0 Å². The summed E-state index contributed by atoms with van der Waals surface area (Å²) in [5.41, 5.74) is 0.326. The monoisotopic (exact) mass is 266 g/mol. The minimum Gasteiger partial charge on any atom is -0.478 e. The third-order valence-corrected chi connectivity index (χ3v) is 3.34. The zero-order valence-electron chi connectivity index (χ0n) is 11.0. The first-order valence-corrected chi connectivity index (χ1v) is 6.58. The van der Waals surface area contributed by atoms with Crippen LogP contribution in [-0.2, 0) is 0 Å². The van der Waals surface area contributed by atoms with Crippen molar-refractivity contribution in [3.8, 4) is 0 Å². The number of halogens is 1. The van der Waals surface area contributed by atoms with E-state index in [2.05, 4.69) is 10.2 Å². The average molecular weight is 266 g/mol. The van der Waals surface area contributed by atoms with Crippen molar-refractivity contribution in [1.82, 2.24) is 4.90 Å². The molecule has 0 aliphatic carbocycles. The van der Waals surface area contributed by atoms with Gasteiger partial charge in [0.15, 0.2) is 0 Å². The predicted molar refractivity (Wildman–Crippen MR) is 72.1 cm³/mol. The summed E-state index contributed by atoms with van der Waals surface area (Å²) in [6, 6.07) is 4.34. The fourth-order valence-electron chi connectivity index (χ4n) is 2.46. The van der Waals surface area contributed by atoms with Crippen molar-refractivity contribution in [2.24, 2.45) is 0 Å². The van der Waals surface area contributed by atoms with Gasteiger partial charge in [-0.1, -0.05) is 0 Å². The molecule has 1 aliphatic heterocycles. The zero-order chi connectivity index (χ0) is 13.8. The summed E-state index contributed by atoms with van der Waals surface area (Å²) in [5.74, 6) is -1.94. The number of nitrogens with one attached hydrogen (secondary N) is 1. The van der Waals surface area contributed by atoms with Crippen LogP contribution in [0.25, 0.3) is 0 Å². The number of benzene rings is 1. The van der Waals surface area contributed by atoms with Crippen molar-refractivity contribution in [3.05, 3.63) is 29.6 Å². The molecule has 5 heteroatoms. The summed E-state index contributed by atoms with van der Waals surface area (Å²) in [7, 11) is 0. The van der Waals surface area contributed by atoms with Crippen molar-refractivity contribution in [3.63, 3.8) is 0 Å². The lowest BCUT2D eigenvalue weighted by Crippen LogP contribution is -2.33. The van der Waals surface area contributed by atoms with Crippen molar-refractivity contribution in [2.45, 2.75) is 25.8 Å². The number of carbonyl (C=O) groups is 1. The van der Waals surface area contributed by atoms with Gasteiger partial charge >= 0.3 is 5.97 Å². The van der Waals surface area contributed by atoms with Crippen LogP contribution >= 0.6 is 0 Å². The highest BCUT2D eigenvalue weighted by atomic mass is 19.1. The Balaban J connectivity index is 1.94. The Hall–Kier alpha value is -1.62. The Kier molecular flexibility index (Phi) is 4.37. The van der Waals surface area contributed by atoms with Crippen LogP contribution in [0.15, 0.2) is 18.2 Å². The van der Waals surface area contributed by atoms with Gasteiger partial charge in [-0.15, -0.1) is 0 Å². The number of rotatable bonds is 5. The molecule has 1 unspecified atom stereocenters. The van der Waals surface area contributed by atoms with Gasteiger partial charge in [0.1, 0.15) is 5.82 Å². The van der Waals surface area contributed by atoms with E-state index in [1.807, 2.05) is 6.92 Å². The molecule has 1 fully saturated rings. The molecule has 1 aliphatic rings. The maximum absolute atomic E-state index is 13.5. The van der Waals surface area contributed by atoms with E-state index in [0.29, 0.717) is 5.69 Å². The number of hydrogen-bond acceptors (Lipinski definition) is 3. The van der Waals surface area contributed by atoms with Crippen LogP contribution in [0.4, 0.5) is 10.1 Å². The van der Waals surface area contributed by atoms with Crippen molar-refractivity contribution in [2.75, 3.05) is 25.0 Å². The normalized spacial score (nSPS) is 17.4. The van der Waals surface area contributed by atoms with E-state index in [0.717, 1.165) is 19.6 Å². The van der Waals surface area contributed by atoms with E-state index in [1.54, 1.807) is 6.07 Å². The summed E-state index contributed by atoms with van der Waals surface area (Å²) >= 11 is 0. The quantitative estimate of drug-likeness (QED) is 0.859. The average Bonchev–Trinajstić information content (AvgIpc) is 2.81.